The summed E-state index contributed by atoms with van der Waals surface area (Å²) in [5.74, 6) is 0.828. The molecule has 0 aliphatic heterocycles. The van der Waals surface area contributed by atoms with Gasteiger partial charge in [0.1, 0.15) is 5.75 Å². The van der Waals surface area contributed by atoms with Crippen LogP contribution in [0, 0.1) is 5.92 Å². The monoisotopic (exact) mass is 283 g/mol. The Kier molecular flexibility index (Phi) is 3.87. The molecule has 3 N–H and O–H groups in total. The van der Waals surface area contributed by atoms with E-state index in [0.717, 1.165) is 10.0 Å². The van der Waals surface area contributed by atoms with Crippen LogP contribution in [0.2, 0.25) is 0 Å². The minimum atomic E-state index is -0.0298. The molecule has 0 unspecified atom stereocenters. The van der Waals surface area contributed by atoms with Crippen molar-refractivity contribution in [2.24, 2.45) is 11.7 Å². The molecule has 1 fully saturated rings. The number of hydrogen-bond acceptors (Lipinski definition) is 2. The van der Waals surface area contributed by atoms with E-state index in [9.17, 15) is 5.11 Å². The fourth-order valence-electron chi connectivity index (χ4n) is 2.55. The van der Waals surface area contributed by atoms with Gasteiger partial charge < -0.3 is 10.8 Å². The van der Waals surface area contributed by atoms with Crippen LogP contribution in [0.1, 0.15) is 43.7 Å². The number of phenols is 1. The molecule has 1 aromatic carbocycles. The SMILES string of the molecule is N[C@@H](c1cccc(Br)c1O)C1CCCCC1. The highest BCUT2D eigenvalue weighted by molar-refractivity contribution is 9.10. The molecule has 0 aromatic heterocycles. The first kappa shape index (κ1) is 11.9. The van der Waals surface area contributed by atoms with Crippen LogP contribution in [0.3, 0.4) is 0 Å². The topological polar surface area (TPSA) is 46.2 Å². The predicted octanol–water partition coefficient (Wildman–Crippen LogP) is 3.73. The summed E-state index contributed by atoms with van der Waals surface area (Å²) in [7, 11) is 0. The fourth-order valence-corrected chi connectivity index (χ4v) is 2.93. The lowest BCUT2D eigenvalue weighted by molar-refractivity contribution is 0.303. The quantitative estimate of drug-likeness (QED) is 0.869. The van der Waals surface area contributed by atoms with E-state index in [1.807, 2.05) is 18.2 Å². The molecule has 1 aliphatic rings. The summed E-state index contributed by atoms with van der Waals surface area (Å²) in [5, 5.41) is 9.97. The average molecular weight is 284 g/mol. The standard InChI is InChI=1S/C13H18BrNO/c14-11-8-4-7-10(13(11)16)12(15)9-5-2-1-3-6-9/h4,7-9,12,16H,1-3,5-6,15H2/t12-/m1/s1. The average Bonchev–Trinajstić information content (AvgIpc) is 2.33. The van der Waals surface area contributed by atoms with Crippen molar-refractivity contribution in [1.29, 1.82) is 0 Å². The molecule has 0 heterocycles. The van der Waals surface area contributed by atoms with E-state index >= 15 is 0 Å². The number of benzene rings is 1. The van der Waals surface area contributed by atoms with Crippen molar-refractivity contribution >= 4 is 15.9 Å². The van der Waals surface area contributed by atoms with Gasteiger partial charge in [-0.2, -0.15) is 0 Å². The summed E-state index contributed by atoms with van der Waals surface area (Å²) >= 11 is 3.33. The van der Waals surface area contributed by atoms with Gasteiger partial charge in [-0.25, -0.2) is 0 Å². The minimum absolute atomic E-state index is 0.0298. The van der Waals surface area contributed by atoms with E-state index in [1.165, 1.54) is 32.1 Å². The van der Waals surface area contributed by atoms with E-state index in [1.54, 1.807) is 0 Å². The Morgan fingerprint density at radius 1 is 1.25 bits per heavy atom. The first-order chi connectivity index (χ1) is 7.70. The highest BCUT2D eigenvalue weighted by atomic mass is 79.9. The number of hydrogen-bond donors (Lipinski definition) is 2. The molecule has 1 aliphatic carbocycles. The molecule has 88 valence electrons. The fraction of sp³-hybridized carbons (Fsp3) is 0.538. The lowest BCUT2D eigenvalue weighted by atomic mass is 9.81. The number of aromatic hydroxyl groups is 1. The van der Waals surface area contributed by atoms with E-state index in [2.05, 4.69) is 15.9 Å². The number of nitrogens with two attached hydrogens (primary N) is 1. The van der Waals surface area contributed by atoms with Crippen molar-refractivity contribution in [3.8, 4) is 5.75 Å². The Bertz CT molecular complexity index is 361. The first-order valence-electron chi connectivity index (χ1n) is 5.93. The van der Waals surface area contributed by atoms with Gasteiger partial charge in [0.2, 0.25) is 0 Å². The molecule has 0 saturated heterocycles. The molecule has 3 heteroatoms. The number of rotatable bonds is 2. The van der Waals surface area contributed by atoms with Gasteiger partial charge in [0.05, 0.1) is 4.47 Å². The Morgan fingerprint density at radius 3 is 2.62 bits per heavy atom. The van der Waals surface area contributed by atoms with E-state index < -0.39 is 0 Å². The smallest absolute Gasteiger partial charge is 0.134 e. The van der Waals surface area contributed by atoms with Gasteiger partial charge in [0.25, 0.3) is 0 Å². The maximum Gasteiger partial charge on any atom is 0.134 e. The van der Waals surface area contributed by atoms with E-state index in [-0.39, 0.29) is 6.04 Å². The van der Waals surface area contributed by atoms with Crippen LogP contribution in [-0.4, -0.2) is 5.11 Å². The van der Waals surface area contributed by atoms with Crippen molar-refractivity contribution < 1.29 is 5.11 Å². The van der Waals surface area contributed by atoms with Gasteiger partial charge in [0.15, 0.2) is 0 Å². The zero-order chi connectivity index (χ0) is 11.5. The maximum atomic E-state index is 9.97. The van der Waals surface area contributed by atoms with Gasteiger partial charge in [-0.15, -0.1) is 0 Å². The third-order valence-corrected chi connectivity index (χ3v) is 4.17. The summed E-state index contributed by atoms with van der Waals surface area (Å²) in [5.41, 5.74) is 7.13. The van der Waals surface area contributed by atoms with Crippen LogP contribution in [0.15, 0.2) is 22.7 Å². The van der Waals surface area contributed by atoms with Crippen molar-refractivity contribution in [2.45, 2.75) is 38.1 Å². The van der Waals surface area contributed by atoms with Crippen molar-refractivity contribution in [3.05, 3.63) is 28.2 Å². The second-order valence-electron chi connectivity index (χ2n) is 4.60. The largest absolute Gasteiger partial charge is 0.506 e. The Labute approximate surface area is 105 Å². The van der Waals surface area contributed by atoms with Crippen molar-refractivity contribution in [3.63, 3.8) is 0 Å². The molecule has 1 saturated carbocycles. The van der Waals surface area contributed by atoms with Gasteiger partial charge >= 0.3 is 0 Å². The molecule has 1 atom stereocenters. The van der Waals surface area contributed by atoms with Crippen LogP contribution >= 0.6 is 15.9 Å². The molecule has 1 aromatic rings. The molecule has 0 amide bonds. The first-order valence-corrected chi connectivity index (χ1v) is 6.72. The summed E-state index contributed by atoms with van der Waals surface area (Å²) < 4.78 is 0.733. The summed E-state index contributed by atoms with van der Waals surface area (Å²) in [4.78, 5) is 0. The number of phenolic OH excluding ortho intramolecular Hbond substituents is 1. The van der Waals surface area contributed by atoms with E-state index in [0.29, 0.717) is 11.7 Å². The van der Waals surface area contributed by atoms with Gasteiger partial charge in [-0.1, -0.05) is 31.4 Å². The lowest BCUT2D eigenvalue weighted by Gasteiger charge is -2.28. The van der Waals surface area contributed by atoms with Crippen LogP contribution in [-0.2, 0) is 0 Å². The molecular formula is C13H18BrNO. The van der Waals surface area contributed by atoms with Gasteiger partial charge in [0, 0.05) is 11.6 Å². The molecule has 0 bridgehead atoms. The normalized spacial score (nSPS) is 19.6. The predicted molar refractivity (Wildman–Crippen MR) is 69.3 cm³/mol. The third kappa shape index (κ3) is 2.41. The highest BCUT2D eigenvalue weighted by Crippen LogP contribution is 2.38. The zero-order valence-corrected chi connectivity index (χ0v) is 10.9. The van der Waals surface area contributed by atoms with Crippen molar-refractivity contribution in [2.75, 3.05) is 0 Å². The van der Waals surface area contributed by atoms with Crippen LogP contribution < -0.4 is 5.73 Å². The van der Waals surface area contributed by atoms with Crippen molar-refractivity contribution in [1.82, 2.24) is 0 Å². The third-order valence-electron chi connectivity index (χ3n) is 3.53. The molecule has 2 nitrogen and oxygen atoms in total. The second kappa shape index (κ2) is 5.19. The molecular weight excluding hydrogens is 266 g/mol. The summed E-state index contributed by atoms with van der Waals surface area (Å²) in [6.07, 6.45) is 6.24. The molecule has 16 heavy (non-hydrogen) atoms. The number of halogens is 1. The maximum absolute atomic E-state index is 9.97. The van der Waals surface area contributed by atoms with Gasteiger partial charge in [-0.05, 0) is 40.8 Å². The van der Waals surface area contributed by atoms with E-state index in [4.69, 9.17) is 5.73 Å². The van der Waals surface area contributed by atoms with Crippen LogP contribution in [0.25, 0.3) is 0 Å². The zero-order valence-electron chi connectivity index (χ0n) is 9.32. The second-order valence-corrected chi connectivity index (χ2v) is 5.46. The summed E-state index contributed by atoms with van der Waals surface area (Å²) in [6.45, 7) is 0. The minimum Gasteiger partial charge on any atom is -0.506 e. The van der Waals surface area contributed by atoms with Gasteiger partial charge in [-0.3, -0.25) is 0 Å². The lowest BCUT2D eigenvalue weighted by Crippen LogP contribution is -2.23. The highest BCUT2D eigenvalue weighted by Gasteiger charge is 2.24. The Balaban J connectivity index is 2.19. The molecule has 0 radical (unpaired) electrons. The Morgan fingerprint density at radius 2 is 1.94 bits per heavy atom. The molecule has 2 rings (SSSR count). The summed E-state index contributed by atoms with van der Waals surface area (Å²) in [6, 6.07) is 5.67. The van der Waals surface area contributed by atoms with Crippen LogP contribution in [0.4, 0.5) is 0 Å². The number of para-hydroxylation sites is 1. The van der Waals surface area contributed by atoms with Crippen LogP contribution in [0.5, 0.6) is 5.75 Å². The Hall–Kier alpha value is -0.540. The molecule has 0 spiro atoms.